The number of fused-ring (bicyclic) bond motifs is 1. The normalized spacial score (nSPS) is 14.6. The van der Waals surface area contributed by atoms with Crippen LogP contribution in [0.3, 0.4) is 0 Å². The van der Waals surface area contributed by atoms with Crippen molar-refractivity contribution < 1.29 is 0 Å². The van der Waals surface area contributed by atoms with E-state index in [1.54, 1.807) is 0 Å². The molecule has 1 aromatic heterocycles. The zero-order valence-electron chi connectivity index (χ0n) is 9.80. The lowest BCUT2D eigenvalue weighted by Gasteiger charge is -2.09. The highest BCUT2D eigenvalue weighted by Crippen LogP contribution is 2.23. The summed E-state index contributed by atoms with van der Waals surface area (Å²) in [5.74, 6) is 0. The van der Waals surface area contributed by atoms with Crippen LogP contribution in [-0.2, 0) is 19.3 Å². The average molecular weight is 246 g/mol. The van der Waals surface area contributed by atoms with Crippen LogP contribution >= 0.6 is 11.6 Å². The summed E-state index contributed by atoms with van der Waals surface area (Å²) in [6, 6.07) is 10.5. The first-order valence-electron chi connectivity index (χ1n) is 6.25. The molecule has 0 saturated carbocycles. The van der Waals surface area contributed by atoms with E-state index >= 15 is 0 Å². The molecule has 2 heteroatoms. The number of hydrogen-bond donors (Lipinski definition) is 1. The monoisotopic (exact) mass is 245 g/mol. The molecule has 0 unspecified atom stereocenters. The van der Waals surface area contributed by atoms with E-state index in [1.807, 2.05) is 12.1 Å². The van der Waals surface area contributed by atoms with E-state index in [2.05, 4.69) is 23.2 Å². The predicted molar refractivity (Wildman–Crippen MR) is 71.7 cm³/mol. The third kappa shape index (κ3) is 2.39. The first-order valence-corrected chi connectivity index (χ1v) is 6.63. The third-order valence-electron chi connectivity index (χ3n) is 3.48. The zero-order chi connectivity index (χ0) is 11.7. The maximum absolute atomic E-state index is 5.89. The fraction of sp³-hybridized carbons (Fsp3) is 0.333. The van der Waals surface area contributed by atoms with Gasteiger partial charge in [-0.05, 0) is 55.0 Å². The van der Waals surface area contributed by atoms with Crippen molar-refractivity contribution in [3.63, 3.8) is 0 Å². The number of H-pyrrole nitrogens is 1. The first-order chi connectivity index (χ1) is 8.31. The third-order valence-corrected chi connectivity index (χ3v) is 3.73. The quantitative estimate of drug-likeness (QED) is 0.819. The van der Waals surface area contributed by atoms with Crippen LogP contribution in [0.5, 0.6) is 0 Å². The van der Waals surface area contributed by atoms with Crippen molar-refractivity contribution in [3.8, 4) is 0 Å². The second-order valence-corrected chi connectivity index (χ2v) is 5.25. The van der Waals surface area contributed by atoms with Crippen LogP contribution in [0.4, 0.5) is 0 Å². The molecular weight excluding hydrogens is 230 g/mol. The number of aromatic nitrogens is 1. The van der Waals surface area contributed by atoms with Gasteiger partial charge in [-0.25, -0.2) is 0 Å². The summed E-state index contributed by atoms with van der Waals surface area (Å²) < 4.78 is 0. The van der Waals surface area contributed by atoms with Crippen molar-refractivity contribution in [1.29, 1.82) is 0 Å². The molecule has 1 heterocycles. The van der Waals surface area contributed by atoms with Gasteiger partial charge in [0.1, 0.15) is 0 Å². The molecule has 1 aromatic carbocycles. The number of hydrogen-bond acceptors (Lipinski definition) is 0. The number of rotatable bonds is 2. The Kier molecular flexibility index (Phi) is 2.94. The number of halogens is 1. The maximum Gasteiger partial charge on any atom is 0.0406 e. The van der Waals surface area contributed by atoms with Crippen LogP contribution < -0.4 is 0 Å². The highest BCUT2D eigenvalue weighted by molar-refractivity contribution is 6.30. The Morgan fingerprint density at radius 1 is 1.06 bits per heavy atom. The Balaban J connectivity index is 1.80. The second-order valence-electron chi connectivity index (χ2n) is 4.81. The predicted octanol–water partition coefficient (Wildman–Crippen LogP) is 4.14. The highest BCUT2D eigenvalue weighted by Gasteiger charge is 2.12. The molecule has 88 valence electrons. The summed E-state index contributed by atoms with van der Waals surface area (Å²) in [6.45, 7) is 0. The van der Waals surface area contributed by atoms with Gasteiger partial charge in [0.05, 0.1) is 0 Å². The molecule has 0 atom stereocenters. The lowest BCUT2D eigenvalue weighted by Crippen LogP contribution is -1.99. The Bertz CT molecular complexity index is 487. The van der Waals surface area contributed by atoms with Gasteiger partial charge in [-0.1, -0.05) is 23.7 Å². The van der Waals surface area contributed by atoms with Gasteiger partial charge in [0, 0.05) is 22.8 Å². The largest absolute Gasteiger partial charge is 0.362 e. The molecule has 1 aliphatic rings. The molecule has 1 aliphatic carbocycles. The van der Waals surface area contributed by atoms with E-state index in [4.69, 9.17) is 11.6 Å². The van der Waals surface area contributed by atoms with E-state index in [-0.39, 0.29) is 0 Å². The molecule has 3 rings (SSSR count). The fourth-order valence-corrected chi connectivity index (χ4v) is 2.71. The van der Waals surface area contributed by atoms with Crippen molar-refractivity contribution in [2.75, 3.05) is 0 Å². The minimum absolute atomic E-state index is 0.805. The van der Waals surface area contributed by atoms with Gasteiger partial charge >= 0.3 is 0 Å². The van der Waals surface area contributed by atoms with E-state index in [9.17, 15) is 0 Å². The van der Waals surface area contributed by atoms with Gasteiger partial charge in [-0.3, -0.25) is 0 Å². The van der Waals surface area contributed by atoms with Crippen LogP contribution in [0, 0.1) is 0 Å². The van der Waals surface area contributed by atoms with Crippen molar-refractivity contribution in [3.05, 3.63) is 57.9 Å². The van der Waals surface area contributed by atoms with Crippen LogP contribution in [0.1, 0.15) is 35.4 Å². The fourth-order valence-electron chi connectivity index (χ4n) is 2.59. The molecule has 0 aliphatic heterocycles. The summed E-state index contributed by atoms with van der Waals surface area (Å²) >= 11 is 5.89. The van der Waals surface area contributed by atoms with Crippen LogP contribution in [0.15, 0.2) is 30.3 Å². The Morgan fingerprint density at radius 3 is 2.59 bits per heavy atom. The van der Waals surface area contributed by atoms with Gasteiger partial charge in [0.15, 0.2) is 0 Å². The maximum atomic E-state index is 5.89. The molecular formula is C15H16ClN. The minimum atomic E-state index is 0.805. The van der Waals surface area contributed by atoms with Gasteiger partial charge < -0.3 is 4.98 Å². The summed E-state index contributed by atoms with van der Waals surface area (Å²) in [5, 5.41) is 0.805. The molecule has 0 fully saturated rings. The van der Waals surface area contributed by atoms with Gasteiger partial charge in [-0.15, -0.1) is 0 Å². The van der Waals surface area contributed by atoms with Crippen LogP contribution in [0.2, 0.25) is 5.02 Å². The molecule has 2 aromatic rings. The second kappa shape index (κ2) is 4.58. The lowest BCUT2D eigenvalue weighted by molar-refractivity contribution is 0.676. The number of aryl methyl sites for hydroxylation is 2. The number of aromatic amines is 1. The highest BCUT2D eigenvalue weighted by atomic mass is 35.5. The minimum Gasteiger partial charge on any atom is -0.362 e. The molecule has 1 nitrogen and oxygen atoms in total. The van der Waals surface area contributed by atoms with Gasteiger partial charge in [0.2, 0.25) is 0 Å². The van der Waals surface area contributed by atoms with Crippen molar-refractivity contribution >= 4 is 11.6 Å². The molecule has 0 radical (unpaired) electrons. The molecule has 0 spiro atoms. The lowest BCUT2D eigenvalue weighted by atomic mass is 9.98. The molecule has 0 saturated heterocycles. The molecule has 0 bridgehead atoms. The zero-order valence-corrected chi connectivity index (χ0v) is 10.6. The topological polar surface area (TPSA) is 15.8 Å². The smallest absolute Gasteiger partial charge is 0.0406 e. The molecule has 0 amide bonds. The van der Waals surface area contributed by atoms with Gasteiger partial charge in [0.25, 0.3) is 0 Å². The Labute approximate surface area is 107 Å². The Morgan fingerprint density at radius 2 is 1.82 bits per heavy atom. The first kappa shape index (κ1) is 10.9. The standard InChI is InChI=1S/C15H16ClN/c16-13-7-5-11(6-8-13)9-14-10-12-3-1-2-4-15(12)17-14/h5-8,10,17H,1-4,9H2. The summed E-state index contributed by atoms with van der Waals surface area (Å²) in [7, 11) is 0. The molecule has 1 N–H and O–H groups in total. The van der Waals surface area contributed by atoms with E-state index in [0.717, 1.165) is 11.4 Å². The van der Waals surface area contributed by atoms with Crippen molar-refractivity contribution in [2.24, 2.45) is 0 Å². The Hall–Kier alpha value is -1.21. The van der Waals surface area contributed by atoms with Crippen molar-refractivity contribution in [1.82, 2.24) is 4.98 Å². The van der Waals surface area contributed by atoms with Crippen LogP contribution in [-0.4, -0.2) is 4.98 Å². The van der Waals surface area contributed by atoms with Gasteiger partial charge in [-0.2, -0.15) is 0 Å². The SMILES string of the molecule is Clc1ccc(Cc2cc3c([nH]2)CCCC3)cc1. The molecule has 17 heavy (non-hydrogen) atoms. The van der Waals surface area contributed by atoms with E-state index in [0.29, 0.717) is 0 Å². The van der Waals surface area contributed by atoms with Crippen LogP contribution in [0.25, 0.3) is 0 Å². The summed E-state index contributed by atoms with van der Waals surface area (Å²) in [5.41, 5.74) is 5.63. The number of nitrogens with one attached hydrogen (secondary N) is 1. The van der Waals surface area contributed by atoms with Crippen molar-refractivity contribution in [2.45, 2.75) is 32.1 Å². The average Bonchev–Trinajstić information content (AvgIpc) is 2.74. The van der Waals surface area contributed by atoms with E-state index < -0.39 is 0 Å². The summed E-state index contributed by atoms with van der Waals surface area (Å²) in [6.07, 6.45) is 6.10. The summed E-state index contributed by atoms with van der Waals surface area (Å²) in [4.78, 5) is 3.56. The van der Waals surface area contributed by atoms with E-state index in [1.165, 1.54) is 48.2 Å². The number of benzene rings is 1.